The van der Waals surface area contributed by atoms with E-state index >= 15 is 0 Å². The van der Waals surface area contributed by atoms with Crippen LogP contribution in [-0.2, 0) is 24.8 Å². The first-order chi connectivity index (χ1) is 16.2. The van der Waals surface area contributed by atoms with Crippen molar-refractivity contribution in [3.05, 3.63) is 90.5 Å². The van der Waals surface area contributed by atoms with Crippen LogP contribution in [0.2, 0.25) is 0 Å². The maximum Gasteiger partial charge on any atom is 0.244 e. The SMILES string of the molecule is Cc1ccc(NC(=O)[C@H]2CN(S(=O)(=O)c3ccccc3)CCN2S(=O)(=O)c2ccccc2)cc1. The summed E-state index contributed by atoms with van der Waals surface area (Å²) in [6, 6.07) is 21.5. The number of carbonyl (C=O) groups is 1. The van der Waals surface area contributed by atoms with Crippen LogP contribution < -0.4 is 5.32 Å². The normalized spacial score (nSPS) is 17.9. The molecule has 3 aromatic carbocycles. The zero-order chi connectivity index (χ0) is 24.3. The van der Waals surface area contributed by atoms with E-state index in [1.54, 1.807) is 48.5 Å². The van der Waals surface area contributed by atoms with Crippen molar-refractivity contribution in [1.82, 2.24) is 8.61 Å². The number of nitrogens with one attached hydrogen (secondary N) is 1. The minimum atomic E-state index is -4.04. The summed E-state index contributed by atoms with van der Waals surface area (Å²) in [5, 5.41) is 2.74. The Labute approximate surface area is 199 Å². The fourth-order valence-corrected chi connectivity index (χ4v) is 6.84. The van der Waals surface area contributed by atoms with Crippen LogP contribution in [0.4, 0.5) is 5.69 Å². The Morgan fingerprint density at radius 1 is 0.765 bits per heavy atom. The number of nitrogens with zero attached hydrogens (tertiary/aromatic N) is 2. The van der Waals surface area contributed by atoms with Crippen LogP contribution in [0.5, 0.6) is 0 Å². The molecule has 0 bridgehead atoms. The standard InChI is InChI=1S/C24H25N3O5S2/c1-19-12-14-20(15-13-19)25-24(28)23-18-26(33(29,30)21-8-4-2-5-9-21)16-17-27(23)34(31,32)22-10-6-3-7-11-22/h2-15,23H,16-18H2,1H3,(H,25,28)/t23-/m1/s1. The van der Waals surface area contributed by atoms with Crippen LogP contribution in [0, 0.1) is 6.92 Å². The van der Waals surface area contributed by atoms with Crippen molar-refractivity contribution >= 4 is 31.6 Å². The summed E-state index contributed by atoms with van der Waals surface area (Å²) >= 11 is 0. The molecule has 1 saturated heterocycles. The molecule has 1 aliphatic heterocycles. The van der Waals surface area contributed by atoms with E-state index in [1.165, 1.54) is 28.6 Å². The zero-order valence-corrected chi connectivity index (χ0v) is 20.2. The largest absolute Gasteiger partial charge is 0.325 e. The number of aryl methyl sites for hydroxylation is 1. The highest BCUT2D eigenvalue weighted by molar-refractivity contribution is 7.89. The molecule has 1 heterocycles. The van der Waals surface area contributed by atoms with Gasteiger partial charge in [0.25, 0.3) is 0 Å². The molecule has 1 atom stereocenters. The molecule has 8 nitrogen and oxygen atoms in total. The van der Waals surface area contributed by atoms with Crippen molar-refractivity contribution in [3.8, 4) is 0 Å². The highest BCUT2D eigenvalue weighted by atomic mass is 32.2. The average molecular weight is 500 g/mol. The van der Waals surface area contributed by atoms with Crippen molar-refractivity contribution in [1.29, 1.82) is 0 Å². The zero-order valence-electron chi connectivity index (χ0n) is 18.5. The minimum Gasteiger partial charge on any atom is -0.325 e. The monoisotopic (exact) mass is 499 g/mol. The quantitative estimate of drug-likeness (QED) is 0.562. The molecule has 1 amide bonds. The third kappa shape index (κ3) is 4.90. The van der Waals surface area contributed by atoms with E-state index in [4.69, 9.17) is 0 Å². The average Bonchev–Trinajstić information content (AvgIpc) is 2.86. The van der Waals surface area contributed by atoms with E-state index in [-0.39, 0.29) is 29.4 Å². The summed E-state index contributed by atoms with van der Waals surface area (Å²) in [5.74, 6) is -0.601. The second-order valence-corrected chi connectivity index (χ2v) is 11.8. The minimum absolute atomic E-state index is 0.0440. The molecule has 1 aliphatic rings. The van der Waals surface area contributed by atoms with Crippen molar-refractivity contribution in [2.45, 2.75) is 22.8 Å². The molecule has 10 heteroatoms. The fraction of sp³-hybridized carbons (Fsp3) is 0.208. The summed E-state index contributed by atoms with van der Waals surface area (Å²) in [5.41, 5.74) is 1.50. The van der Waals surface area contributed by atoms with Crippen LogP contribution in [-0.4, -0.2) is 57.0 Å². The van der Waals surface area contributed by atoms with Crippen LogP contribution in [0.3, 0.4) is 0 Å². The van der Waals surface area contributed by atoms with Crippen LogP contribution in [0.1, 0.15) is 5.56 Å². The number of carbonyl (C=O) groups excluding carboxylic acids is 1. The molecule has 178 valence electrons. The lowest BCUT2D eigenvalue weighted by Gasteiger charge is -2.38. The lowest BCUT2D eigenvalue weighted by Crippen LogP contribution is -2.60. The predicted octanol–water partition coefficient (Wildman–Crippen LogP) is 2.70. The smallest absolute Gasteiger partial charge is 0.244 e. The Balaban J connectivity index is 1.68. The summed E-state index contributed by atoms with van der Waals surface area (Å²) in [7, 11) is -7.95. The van der Waals surface area contributed by atoms with Gasteiger partial charge in [-0.25, -0.2) is 16.8 Å². The van der Waals surface area contributed by atoms with Gasteiger partial charge in [-0.15, -0.1) is 0 Å². The number of amides is 1. The highest BCUT2D eigenvalue weighted by Gasteiger charge is 2.43. The molecular formula is C24H25N3O5S2. The molecule has 34 heavy (non-hydrogen) atoms. The molecule has 0 aliphatic carbocycles. The van der Waals surface area contributed by atoms with Crippen molar-refractivity contribution in [2.24, 2.45) is 0 Å². The summed E-state index contributed by atoms with van der Waals surface area (Å²) in [6.07, 6.45) is 0. The lowest BCUT2D eigenvalue weighted by atomic mass is 10.2. The van der Waals surface area contributed by atoms with Gasteiger partial charge in [-0.3, -0.25) is 4.79 Å². The summed E-state index contributed by atoms with van der Waals surface area (Å²) in [6.45, 7) is 1.38. The number of benzene rings is 3. The molecule has 0 unspecified atom stereocenters. The van der Waals surface area contributed by atoms with E-state index in [1.807, 2.05) is 19.1 Å². The van der Waals surface area contributed by atoms with Gasteiger partial charge in [-0.05, 0) is 43.3 Å². The van der Waals surface area contributed by atoms with Gasteiger partial charge in [-0.2, -0.15) is 8.61 Å². The van der Waals surface area contributed by atoms with Gasteiger partial charge in [0.15, 0.2) is 0 Å². The maximum absolute atomic E-state index is 13.4. The number of hydrogen-bond acceptors (Lipinski definition) is 5. The predicted molar refractivity (Wildman–Crippen MR) is 129 cm³/mol. The second-order valence-electron chi connectivity index (χ2n) is 7.98. The third-order valence-electron chi connectivity index (χ3n) is 5.65. The van der Waals surface area contributed by atoms with Crippen molar-refractivity contribution in [3.63, 3.8) is 0 Å². The van der Waals surface area contributed by atoms with E-state index < -0.39 is 32.0 Å². The molecule has 0 radical (unpaired) electrons. The number of piperazine rings is 1. The molecule has 4 rings (SSSR count). The Morgan fingerprint density at radius 3 is 1.85 bits per heavy atom. The molecule has 1 N–H and O–H groups in total. The van der Waals surface area contributed by atoms with Crippen LogP contribution in [0.15, 0.2) is 94.7 Å². The van der Waals surface area contributed by atoms with E-state index in [9.17, 15) is 21.6 Å². The molecule has 3 aromatic rings. The van der Waals surface area contributed by atoms with Crippen molar-refractivity contribution in [2.75, 3.05) is 25.0 Å². The second kappa shape index (κ2) is 9.67. The van der Waals surface area contributed by atoms with Gasteiger partial charge in [0, 0.05) is 25.3 Å². The molecule has 0 aromatic heterocycles. The van der Waals surface area contributed by atoms with Gasteiger partial charge in [0.1, 0.15) is 6.04 Å². The molecule has 0 spiro atoms. The molecular weight excluding hydrogens is 474 g/mol. The van der Waals surface area contributed by atoms with Crippen LogP contribution >= 0.6 is 0 Å². The summed E-state index contributed by atoms with van der Waals surface area (Å²) < 4.78 is 55.5. The number of anilines is 1. The first kappa shape index (κ1) is 24.1. The van der Waals surface area contributed by atoms with E-state index in [0.29, 0.717) is 5.69 Å². The Morgan fingerprint density at radius 2 is 1.29 bits per heavy atom. The maximum atomic E-state index is 13.4. The van der Waals surface area contributed by atoms with Gasteiger partial charge in [0.2, 0.25) is 26.0 Å². The fourth-order valence-electron chi connectivity index (χ4n) is 3.79. The Bertz CT molecular complexity index is 1360. The van der Waals surface area contributed by atoms with Crippen LogP contribution in [0.25, 0.3) is 0 Å². The number of hydrogen-bond donors (Lipinski definition) is 1. The topological polar surface area (TPSA) is 104 Å². The van der Waals surface area contributed by atoms with Gasteiger partial charge in [0.05, 0.1) is 9.79 Å². The van der Waals surface area contributed by atoms with Gasteiger partial charge < -0.3 is 5.32 Å². The van der Waals surface area contributed by atoms with Gasteiger partial charge in [-0.1, -0.05) is 54.1 Å². The van der Waals surface area contributed by atoms with Crippen molar-refractivity contribution < 1.29 is 21.6 Å². The van der Waals surface area contributed by atoms with E-state index in [2.05, 4.69) is 5.32 Å². The number of sulfonamides is 2. The Kier molecular flexibility index (Phi) is 6.85. The third-order valence-corrected chi connectivity index (χ3v) is 9.45. The lowest BCUT2D eigenvalue weighted by molar-refractivity contribution is -0.120. The first-order valence-corrected chi connectivity index (χ1v) is 13.6. The molecule has 1 fully saturated rings. The first-order valence-electron chi connectivity index (χ1n) is 10.7. The molecule has 0 saturated carbocycles. The number of rotatable bonds is 6. The Hall–Kier alpha value is -3.05. The highest BCUT2D eigenvalue weighted by Crippen LogP contribution is 2.26. The van der Waals surface area contributed by atoms with Gasteiger partial charge >= 0.3 is 0 Å². The van der Waals surface area contributed by atoms with E-state index in [0.717, 1.165) is 9.87 Å². The summed E-state index contributed by atoms with van der Waals surface area (Å²) in [4.78, 5) is 13.4.